The Morgan fingerprint density at radius 2 is 1.95 bits per heavy atom. The van der Waals surface area contributed by atoms with Crippen LogP contribution < -0.4 is 4.72 Å². The van der Waals surface area contributed by atoms with Gasteiger partial charge in [-0.3, -0.25) is 0 Å². The Hall–Kier alpha value is -1.37. The first kappa shape index (κ1) is 14.6. The predicted molar refractivity (Wildman–Crippen MR) is 81.2 cm³/mol. The summed E-state index contributed by atoms with van der Waals surface area (Å²) < 4.78 is 40.7. The second-order valence-electron chi connectivity index (χ2n) is 4.81. The molecule has 0 aliphatic carbocycles. The highest BCUT2D eigenvalue weighted by Crippen LogP contribution is 2.36. The van der Waals surface area contributed by atoms with Gasteiger partial charge in [0.2, 0.25) is 10.0 Å². The lowest BCUT2D eigenvalue weighted by Gasteiger charge is -2.25. The minimum atomic E-state index is -3.72. The first-order valence-corrected chi connectivity index (χ1v) is 9.03. The van der Waals surface area contributed by atoms with Gasteiger partial charge in [-0.25, -0.2) is 17.5 Å². The summed E-state index contributed by atoms with van der Waals surface area (Å²) >= 11 is 1.72. The van der Waals surface area contributed by atoms with E-state index in [4.69, 9.17) is 0 Å². The quantitative estimate of drug-likeness (QED) is 0.942. The summed E-state index contributed by atoms with van der Waals surface area (Å²) in [6.07, 6.45) is 0.718. The molecule has 3 rings (SSSR count). The number of hydrogen-bond donors (Lipinski definition) is 1. The van der Waals surface area contributed by atoms with Crippen LogP contribution in [0.5, 0.6) is 0 Å². The summed E-state index contributed by atoms with van der Waals surface area (Å²) in [5.74, 6) is 0.297. The van der Waals surface area contributed by atoms with Crippen LogP contribution in [0.25, 0.3) is 0 Å². The van der Waals surface area contributed by atoms with E-state index in [1.54, 1.807) is 11.8 Å². The average Bonchev–Trinajstić information content (AvgIpc) is 2.47. The molecule has 0 amide bonds. The highest BCUT2D eigenvalue weighted by molar-refractivity contribution is 7.99. The van der Waals surface area contributed by atoms with Gasteiger partial charge in [0.25, 0.3) is 0 Å². The van der Waals surface area contributed by atoms with Crippen molar-refractivity contribution in [2.24, 2.45) is 0 Å². The van der Waals surface area contributed by atoms with Gasteiger partial charge in [-0.2, -0.15) is 0 Å². The summed E-state index contributed by atoms with van der Waals surface area (Å²) in [5, 5.41) is 0. The van der Waals surface area contributed by atoms with Gasteiger partial charge in [0.05, 0.1) is 4.90 Å². The van der Waals surface area contributed by atoms with Gasteiger partial charge in [-0.1, -0.05) is 24.3 Å². The van der Waals surface area contributed by atoms with E-state index >= 15 is 0 Å². The number of benzene rings is 2. The highest BCUT2D eigenvalue weighted by atomic mass is 32.2. The highest BCUT2D eigenvalue weighted by Gasteiger charge is 2.26. The Morgan fingerprint density at radius 1 is 1.14 bits per heavy atom. The van der Waals surface area contributed by atoms with E-state index in [2.05, 4.69) is 4.72 Å². The maximum absolute atomic E-state index is 13.2. The van der Waals surface area contributed by atoms with Crippen LogP contribution in [-0.4, -0.2) is 14.2 Å². The van der Waals surface area contributed by atoms with E-state index in [0.29, 0.717) is 0 Å². The average molecular weight is 323 g/mol. The molecule has 0 fully saturated rings. The molecule has 1 heterocycles. The van der Waals surface area contributed by atoms with Gasteiger partial charge in [0.15, 0.2) is 0 Å². The summed E-state index contributed by atoms with van der Waals surface area (Å²) in [5.41, 5.74) is 0.980. The van der Waals surface area contributed by atoms with Crippen LogP contribution in [0, 0.1) is 5.82 Å². The number of nitrogens with one attached hydrogen (secondary N) is 1. The second-order valence-corrected chi connectivity index (χ2v) is 7.66. The van der Waals surface area contributed by atoms with Crippen LogP contribution in [-0.2, 0) is 10.0 Å². The molecule has 0 spiro atoms. The lowest BCUT2D eigenvalue weighted by atomic mass is 10.1. The number of halogens is 1. The van der Waals surface area contributed by atoms with E-state index in [0.717, 1.165) is 28.7 Å². The molecule has 2 aromatic carbocycles. The molecule has 1 unspecified atom stereocenters. The molecule has 0 aromatic heterocycles. The SMILES string of the molecule is O=S(=O)(NC1CCSc2ccccc21)c1cccc(F)c1. The van der Waals surface area contributed by atoms with Gasteiger partial charge in [-0.05, 0) is 42.0 Å². The van der Waals surface area contributed by atoms with Gasteiger partial charge in [-0.15, -0.1) is 11.8 Å². The third-order valence-electron chi connectivity index (χ3n) is 3.36. The Balaban J connectivity index is 1.90. The van der Waals surface area contributed by atoms with Crippen LogP contribution in [0.1, 0.15) is 18.0 Å². The summed E-state index contributed by atoms with van der Waals surface area (Å²) in [4.78, 5) is 1.05. The maximum atomic E-state index is 13.2. The summed E-state index contributed by atoms with van der Waals surface area (Å²) in [6.45, 7) is 0. The summed E-state index contributed by atoms with van der Waals surface area (Å²) in [6, 6.07) is 12.5. The van der Waals surface area contributed by atoms with E-state index in [1.165, 1.54) is 18.2 Å². The van der Waals surface area contributed by atoms with Crippen molar-refractivity contribution in [1.82, 2.24) is 4.72 Å². The van der Waals surface area contributed by atoms with Crippen molar-refractivity contribution in [1.29, 1.82) is 0 Å². The van der Waals surface area contributed by atoms with E-state index in [9.17, 15) is 12.8 Å². The molecule has 21 heavy (non-hydrogen) atoms. The fourth-order valence-corrected chi connectivity index (χ4v) is 4.76. The number of thioether (sulfide) groups is 1. The van der Waals surface area contributed by atoms with Crippen molar-refractivity contribution < 1.29 is 12.8 Å². The zero-order chi connectivity index (χ0) is 14.9. The summed E-state index contributed by atoms with van der Waals surface area (Å²) in [7, 11) is -3.72. The number of fused-ring (bicyclic) bond motifs is 1. The zero-order valence-corrected chi connectivity index (χ0v) is 12.8. The normalized spacial score (nSPS) is 18.2. The number of hydrogen-bond acceptors (Lipinski definition) is 3. The fourth-order valence-electron chi connectivity index (χ4n) is 2.35. The molecule has 0 bridgehead atoms. The standard InChI is InChI=1S/C15H14FNO2S2/c16-11-4-3-5-12(10-11)21(18,19)17-14-8-9-20-15-7-2-1-6-13(14)15/h1-7,10,14,17H,8-9H2. The van der Waals surface area contributed by atoms with Crippen LogP contribution in [0.4, 0.5) is 4.39 Å². The molecule has 1 aliphatic heterocycles. The Morgan fingerprint density at radius 3 is 2.76 bits per heavy atom. The van der Waals surface area contributed by atoms with E-state index < -0.39 is 15.8 Å². The van der Waals surface area contributed by atoms with E-state index in [-0.39, 0.29) is 10.9 Å². The Kier molecular flexibility index (Phi) is 4.01. The minimum absolute atomic E-state index is 0.0433. The van der Waals surface area contributed by atoms with Crippen molar-refractivity contribution in [3.05, 3.63) is 59.9 Å². The third-order valence-corrected chi connectivity index (χ3v) is 5.95. The first-order valence-electron chi connectivity index (χ1n) is 6.56. The monoisotopic (exact) mass is 323 g/mol. The first-order chi connectivity index (χ1) is 10.1. The molecular weight excluding hydrogens is 309 g/mol. The molecule has 0 saturated heterocycles. The number of sulfonamides is 1. The topological polar surface area (TPSA) is 46.2 Å². The lowest BCUT2D eigenvalue weighted by molar-refractivity contribution is 0.544. The Labute approximate surface area is 127 Å². The smallest absolute Gasteiger partial charge is 0.207 e. The molecule has 1 N–H and O–H groups in total. The van der Waals surface area contributed by atoms with Crippen LogP contribution in [0.3, 0.4) is 0 Å². The minimum Gasteiger partial charge on any atom is -0.207 e. The number of rotatable bonds is 3. The molecule has 1 atom stereocenters. The maximum Gasteiger partial charge on any atom is 0.241 e. The van der Waals surface area contributed by atoms with Crippen LogP contribution in [0.2, 0.25) is 0 Å². The van der Waals surface area contributed by atoms with Crippen molar-refractivity contribution >= 4 is 21.8 Å². The molecule has 0 saturated carbocycles. The van der Waals surface area contributed by atoms with Gasteiger partial charge in [0.1, 0.15) is 5.82 Å². The largest absolute Gasteiger partial charge is 0.241 e. The molecule has 6 heteroatoms. The zero-order valence-electron chi connectivity index (χ0n) is 11.1. The van der Waals surface area contributed by atoms with Crippen molar-refractivity contribution in [3.8, 4) is 0 Å². The Bertz CT molecular complexity index is 762. The van der Waals surface area contributed by atoms with Gasteiger partial charge >= 0.3 is 0 Å². The van der Waals surface area contributed by atoms with Crippen molar-refractivity contribution in [2.45, 2.75) is 22.3 Å². The van der Waals surface area contributed by atoms with Gasteiger partial charge < -0.3 is 0 Å². The fraction of sp³-hybridized carbons (Fsp3) is 0.200. The molecule has 3 nitrogen and oxygen atoms in total. The van der Waals surface area contributed by atoms with E-state index in [1.807, 2.05) is 24.3 Å². The third kappa shape index (κ3) is 3.12. The molecule has 0 radical (unpaired) electrons. The lowest BCUT2D eigenvalue weighted by Crippen LogP contribution is -2.30. The van der Waals surface area contributed by atoms with Gasteiger partial charge in [0, 0.05) is 10.9 Å². The molecule has 2 aromatic rings. The molecular formula is C15H14FNO2S2. The molecule has 1 aliphatic rings. The van der Waals surface area contributed by atoms with Crippen molar-refractivity contribution in [3.63, 3.8) is 0 Å². The van der Waals surface area contributed by atoms with Crippen LogP contribution in [0.15, 0.2) is 58.3 Å². The second kappa shape index (κ2) is 5.79. The molecule has 110 valence electrons. The predicted octanol–water partition coefficient (Wildman–Crippen LogP) is 3.34. The van der Waals surface area contributed by atoms with Crippen LogP contribution >= 0.6 is 11.8 Å². The van der Waals surface area contributed by atoms with Crippen molar-refractivity contribution in [2.75, 3.05) is 5.75 Å².